The molecule has 0 aromatic carbocycles. The van der Waals surface area contributed by atoms with E-state index in [-0.39, 0.29) is 26.2 Å². The Balaban J connectivity index is -0.000000312. The third kappa shape index (κ3) is 8.28. The van der Waals surface area contributed by atoms with Crippen LogP contribution in [0.4, 0.5) is 0 Å². The second kappa shape index (κ2) is 15.6. The molecule has 12 radical (unpaired) electrons. The fraction of sp³-hybridized carbons (Fsp3) is 0.476. The van der Waals surface area contributed by atoms with Gasteiger partial charge in [-0.2, -0.15) is 0 Å². The summed E-state index contributed by atoms with van der Waals surface area (Å²) in [7, 11) is 0. The summed E-state index contributed by atoms with van der Waals surface area (Å²) in [6, 6.07) is 0. The van der Waals surface area contributed by atoms with Gasteiger partial charge < -0.3 is 0 Å². The first kappa shape index (κ1) is 31.4. The SMILES string of the molecule is C[C]1[C](C)[C](C)[C](C)[C]1C.C[C]1[C](C)[C](C)[C](C)[C]1C.[C-]#[O+].[Se][Se].[Zr]. The summed E-state index contributed by atoms with van der Waals surface area (Å²) in [6.07, 6.45) is 0. The van der Waals surface area contributed by atoms with Gasteiger partial charge in [0, 0.05) is 26.2 Å². The molecule has 0 atom stereocenters. The van der Waals surface area contributed by atoms with Crippen molar-refractivity contribution in [2.45, 2.75) is 69.2 Å². The Morgan fingerprint density at radius 2 is 0.440 bits per heavy atom. The smallest absolute Gasteiger partial charge is 0 e. The topological polar surface area (TPSA) is 19.9 Å². The predicted molar refractivity (Wildman–Crippen MR) is 105 cm³/mol. The van der Waals surface area contributed by atoms with E-state index in [9.17, 15) is 0 Å². The second-order valence-electron chi connectivity index (χ2n) is 6.25. The first-order valence-electron chi connectivity index (χ1n) is 7.87. The van der Waals surface area contributed by atoms with Crippen LogP contribution in [-0.2, 0) is 30.9 Å². The van der Waals surface area contributed by atoms with Crippen molar-refractivity contribution in [3.63, 3.8) is 0 Å². The zero-order valence-electron chi connectivity index (χ0n) is 17.2. The fourth-order valence-electron chi connectivity index (χ4n) is 2.81. The van der Waals surface area contributed by atoms with Crippen LogP contribution >= 0.6 is 0 Å². The molecule has 136 valence electrons. The minimum absolute atomic E-state index is 0. The standard InChI is InChI=1S/2C10H15.CO.Se2.Zr/c2*1-6-7(2)9(4)10(5)8(6)3;2*1-2;/h2*1-5H3;;;. The number of hydrogen-bond donors (Lipinski definition) is 0. The molecule has 0 aromatic rings. The van der Waals surface area contributed by atoms with Gasteiger partial charge in [0.15, 0.2) is 0 Å². The van der Waals surface area contributed by atoms with E-state index in [1.807, 2.05) is 0 Å². The van der Waals surface area contributed by atoms with Crippen LogP contribution in [0, 0.1) is 65.8 Å². The molecule has 2 aliphatic carbocycles. The van der Waals surface area contributed by atoms with Gasteiger partial charge in [0.05, 0.1) is 0 Å². The molecule has 0 unspecified atom stereocenters. The van der Waals surface area contributed by atoms with Crippen molar-refractivity contribution in [2.75, 3.05) is 0 Å². The van der Waals surface area contributed by atoms with Crippen LogP contribution in [0.5, 0.6) is 0 Å². The van der Waals surface area contributed by atoms with Gasteiger partial charge in [-0.05, 0) is 59.2 Å². The summed E-state index contributed by atoms with van der Waals surface area (Å²) in [5.74, 6) is 14.7. The molecule has 0 N–H and O–H groups in total. The first-order valence-corrected chi connectivity index (χ1v) is 12.2. The first-order chi connectivity index (χ1) is 11.1. The Kier molecular flexibility index (Phi) is 19.5. The third-order valence-electron chi connectivity index (χ3n) is 5.62. The van der Waals surface area contributed by atoms with Gasteiger partial charge in [-0.3, -0.25) is 0 Å². The molecule has 0 saturated heterocycles. The van der Waals surface area contributed by atoms with E-state index in [2.05, 4.69) is 104 Å². The van der Waals surface area contributed by atoms with Crippen LogP contribution in [-0.4, -0.2) is 28.4 Å². The molecule has 4 heteroatoms. The zero-order chi connectivity index (χ0) is 19.8. The van der Waals surface area contributed by atoms with Crippen LogP contribution in [0.25, 0.3) is 0 Å². The number of rotatable bonds is 0. The maximum atomic E-state index is 7.50. The van der Waals surface area contributed by atoms with E-state index >= 15 is 0 Å². The van der Waals surface area contributed by atoms with Crippen LogP contribution in [0.15, 0.2) is 0 Å². The monoisotopic (exact) mass is 548 g/mol. The summed E-state index contributed by atoms with van der Waals surface area (Å²) < 4.78 is 7.50. The van der Waals surface area contributed by atoms with Crippen LogP contribution in [0.2, 0.25) is 0 Å². The molecule has 0 amide bonds. The zero-order valence-corrected chi connectivity index (χ0v) is 23.1. The Labute approximate surface area is 193 Å². The van der Waals surface area contributed by atoms with Crippen molar-refractivity contribution >= 4 is 28.4 Å². The largest absolute Gasteiger partial charge is 0 e. The Bertz CT molecular complexity index is 230. The summed E-state index contributed by atoms with van der Waals surface area (Å²) in [5.41, 5.74) is 0. The molecule has 0 aromatic heterocycles. The van der Waals surface area contributed by atoms with E-state index in [4.69, 9.17) is 4.65 Å². The molecule has 25 heavy (non-hydrogen) atoms. The van der Waals surface area contributed by atoms with Gasteiger partial charge in [0.1, 0.15) is 0 Å². The maximum Gasteiger partial charge on any atom is 0 e. The summed E-state index contributed by atoms with van der Waals surface area (Å²) in [6.45, 7) is 26.5. The molecule has 2 fully saturated rings. The molecule has 2 aliphatic rings. The summed E-state index contributed by atoms with van der Waals surface area (Å²) >= 11 is 5.00. The van der Waals surface area contributed by atoms with E-state index in [1.54, 1.807) is 0 Å². The van der Waals surface area contributed by atoms with Gasteiger partial charge in [-0.1, -0.05) is 69.2 Å². The molecule has 0 heterocycles. The summed E-state index contributed by atoms with van der Waals surface area (Å²) in [4.78, 5) is 0. The van der Waals surface area contributed by atoms with Gasteiger partial charge in [-0.15, -0.1) is 0 Å². The molecule has 2 rings (SSSR count). The molecule has 1 nitrogen and oxygen atoms in total. The Hall–Kier alpha value is 1.66. The van der Waals surface area contributed by atoms with E-state index in [0.29, 0.717) is 0 Å². The van der Waals surface area contributed by atoms with Crippen molar-refractivity contribution in [3.05, 3.63) is 65.8 Å². The predicted octanol–water partition coefficient (Wildman–Crippen LogP) is 5.14. The Morgan fingerprint density at radius 1 is 0.400 bits per heavy atom. The average molecular weight is 548 g/mol. The fourth-order valence-corrected chi connectivity index (χ4v) is 2.81. The third-order valence-corrected chi connectivity index (χ3v) is 5.62. The minimum atomic E-state index is 0. The Morgan fingerprint density at radius 3 is 0.480 bits per heavy atom. The van der Waals surface area contributed by atoms with Crippen molar-refractivity contribution in [1.29, 1.82) is 0 Å². The van der Waals surface area contributed by atoms with Gasteiger partial charge in [0.2, 0.25) is 0 Å². The van der Waals surface area contributed by atoms with Crippen molar-refractivity contribution in [2.24, 2.45) is 0 Å². The van der Waals surface area contributed by atoms with Gasteiger partial charge in [0.25, 0.3) is 0 Å². The molecule has 0 spiro atoms. The average Bonchev–Trinajstić information content (AvgIpc) is 2.89. The van der Waals surface area contributed by atoms with Crippen molar-refractivity contribution < 1.29 is 30.9 Å². The minimum Gasteiger partial charge on any atom is 0 e. The van der Waals surface area contributed by atoms with E-state index in [0.717, 1.165) is 0 Å². The molecule has 0 aliphatic heterocycles. The van der Waals surface area contributed by atoms with Gasteiger partial charge in [-0.25, -0.2) is 0 Å². The molecule has 0 bridgehead atoms. The second-order valence-corrected chi connectivity index (χ2v) is 6.25. The number of hydrogen-bond acceptors (Lipinski definition) is 0. The molecular weight excluding hydrogens is 517 g/mol. The normalized spacial score (nSPS) is 23.1. The molecule has 2 saturated carbocycles. The van der Waals surface area contributed by atoms with E-state index in [1.165, 1.54) is 59.2 Å². The van der Waals surface area contributed by atoms with Crippen LogP contribution in [0.1, 0.15) is 69.2 Å². The molecular formula is C21H30OSe2Zr. The van der Waals surface area contributed by atoms with Crippen LogP contribution in [0.3, 0.4) is 0 Å². The summed E-state index contributed by atoms with van der Waals surface area (Å²) in [5, 5.41) is 0. The van der Waals surface area contributed by atoms with E-state index < -0.39 is 0 Å². The van der Waals surface area contributed by atoms with Crippen molar-refractivity contribution in [1.82, 2.24) is 0 Å². The van der Waals surface area contributed by atoms with Crippen molar-refractivity contribution in [3.8, 4) is 0 Å². The maximum absolute atomic E-state index is 7.50. The quantitative estimate of drug-likeness (QED) is 0.227. The van der Waals surface area contributed by atoms with Gasteiger partial charge >= 0.3 is 39.7 Å². The van der Waals surface area contributed by atoms with Crippen LogP contribution < -0.4 is 0 Å².